The molecule has 0 spiro atoms. The van der Waals surface area contributed by atoms with Crippen LogP contribution in [0.3, 0.4) is 0 Å². The molecule has 0 aliphatic carbocycles. The van der Waals surface area contributed by atoms with Crippen molar-refractivity contribution in [2.24, 2.45) is 0 Å². The Morgan fingerprint density at radius 3 is 2.74 bits per heavy atom. The molecule has 4 nitrogen and oxygen atoms in total. The standard InChI is InChI=1S/C13H10BrClN4/c1-7-12(15)8(2)19(18-7)11-3-4-16-10-5-9(14)6-17-13(10)11/h3-6H,1-2H3. The zero-order valence-corrected chi connectivity index (χ0v) is 12.7. The smallest absolute Gasteiger partial charge is 0.114 e. The van der Waals surface area contributed by atoms with Crippen LogP contribution in [0.15, 0.2) is 29.0 Å². The SMILES string of the molecule is Cc1nn(-c2ccnc3cc(Br)cnc23)c(C)c1Cl. The molecule has 96 valence electrons. The van der Waals surface area contributed by atoms with Gasteiger partial charge in [0, 0.05) is 16.9 Å². The summed E-state index contributed by atoms with van der Waals surface area (Å²) >= 11 is 9.60. The Balaban J connectivity index is 2.33. The number of aromatic nitrogens is 4. The van der Waals surface area contributed by atoms with E-state index in [2.05, 4.69) is 31.0 Å². The van der Waals surface area contributed by atoms with Gasteiger partial charge in [-0.05, 0) is 41.9 Å². The summed E-state index contributed by atoms with van der Waals surface area (Å²) in [4.78, 5) is 8.74. The molecule has 3 aromatic rings. The molecule has 3 heterocycles. The van der Waals surface area contributed by atoms with Crippen molar-refractivity contribution in [1.82, 2.24) is 19.7 Å². The van der Waals surface area contributed by atoms with E-state index in [1.807, 2.05) is 30.7 Å². The monoisotopic (exact) mass is 336 g/mol. The first-order chi connectivity index (χ1) is 9.08. The Morgan fingerprint density at radius 2 is 2.05 bits per heavy atom. The summed E-state index contributed by atoms with van der Waals surface area (Å²) in [5, 5.41) is 5.14. The largest absolute Gasteiger partial charge is 0.254 e. The predicted octanol–water partition coefficient (Wildman–Crippen LogP) is 3.85. The van der Waals surface area contributed by atoms with E-state index in [1.165, 1.54) is 0 Å². The van der Waals surface area contributed by atoms with E-state index in [9.17, 15) is 0 Å². The number of aryl methyl sites for hydroxylation is 1. The molecule has 19 heavy (non-hydrogen) atoms. The lowest BCUT2D eigenvalue weighted by atomic mass is 10.3. The number of fused-ring (bicyclic) bond motifs is 1. The third-order valence-corrected chi connectivity index (χ3v) is 3.93. The number of nitrogens with zero attached hydrogens (tertiary/aromatic N) is 4. The van der Waals surface area contributed by atoms with Gasteiger partial charge in [0.25, 0.3) is 0 Å². The van der Waals surface area contributed by atoms with Crippen LogP contribution in [0.5, 0.6) is 0 Å². The molecule has 3 aromatic heterocycles. The summed E-state index contributed by atoms with van der Waals surface area (Å²) in [7, 11) is 0. The average molecular weight is 338 g/mol. The molecule has 0 saturated heterocycles. The summed E-state index contributed by atoms with van der Waals surface area (Å²) in [5.41, 5.74) is 4.20. The molecule has 3 rings (SSSR count). The van der Waals surface area contributed by atoms with Crippen molar-refractivity contribution in [2.75, 3.05) is 0 Å². The fourth-order valence-electron chi connectivity index (χ4n) is 2.02. The molecule has 0 bridgehead atoms. The first kappa shape index (κ1) is 12.6. The Bertz CT molecular complexity index is 782. The topological polar surface area (TPSA) is 43.6 Å². The fourth-order valence-corrected chi connectivity index (χ4v) is 2.46. The Labute approximate surface area is 123 Å². The van der Waals surface area contributed by atoms with E-state index < -0.39 is 0 Å². The van der Waals surface area contributed by atoms with Crippen molar-refractivity contribution in [2.45, 2.75) is 13.8 Å². The predicted molar refractivity (Wildman–Crippen MR) is 78.8 cm³/mol. The lowest BCUT2D eigenvalue weighted by molar-refractivity contribution is 0.836. The van der Waals surface area contributed by atoms with Gasteiger partial charge in [-0.1, -0.05) is 11.6 Å². The number of halogens is 2. The highest BCUT2D eigenvalue weighted by atomic mass is 79.9. The average Bonchev–Trinajstić information content (AvgIpc) is 2.65. The molecule has 0 atom stereocenters. The summed E-state index contributed by atoms with van der Waals surface area (Å²) in [6, 6.07) is 3.82. The maximum absolute atomic E-state index is 6.20. The quantitative estimate of drug-likeness (QED) is 0.677. The van der Waals surface area contributed by atoms with Crippen LogP contribution in [0.25, 0.3) is 16.7 Å². The first-order valence-electron chi connectivity index (χ1n) is 5.70. The molecule has 0 fully saturated rings. The normalized spacial score (nSPS) is 11.2. The summed E-state index contributed by atoms with van der Waals surface area (Å²) in [6.07, 6.45) is 3.50. The van der Waals surface area contributed by atoms with Gasteiger partial charge in [0.15, 0.2) is 0 Å². The van der Waals surface area contributed by atoms with Gasteiger partial charge in [0.1, 0.15) is 5.52 Å². The van der Waals surface area contributed by atoms with Crippen molar-refractivity contribution in [3.8, 4) is 5.69 Å². The Hall–Kier alpha value is -1.46. The van der Waals surface area contributed by atoms with Crippen LogP contribution < -0.4 is 0 Å². The second-order valence-electron chi connectivity index (χ2n) is 4.25. The van der Waals surface area contributed by atoms with Crippen molar-refractivity contribution in [1.29, 1.82) is 0 Å². The maximum Gasteiger partial charge on any atom is 0.114 e. The minimum atomic E-state index is 0.682. The molecule has 0 amide bonds. The fraction of sp³-hybridized carbons (Fsp3) is 0.154. The molecule has 0 saturated carbocycles. The summed E-state index contributed by atoms with van der Waals surface area (Å²) in [6.45, 7) is 3.83. The zero-order valence-electron chi connectivity index (χ0n) is 10.4. The van der Waals surface area contributed by atoms with Gasteiger partial charge in [-0.25, -0.2) is 4.68 Å². The van der Waals surface area contributed by atoms with Crippen molar-refractivity contribution < 1.29 is 0 Å². The molecule has 0 unspecified atom stereocenters. The minimum absolute atomic E-state index is 0.682. The van der Waals surface area contributed by atoms with Crippen LogP contribution in [0, 0.1) is 13.8 Å². The Kier molecular flexibility index (Phi) is 3.03. The highest BCUT2D eigenvalue weighted by molar-refractivity contribution is 9.10. The number of pyridine rings is 2. The van der Waals surface area contributed by atoms with E-state index in [-0.39, 0.29) is 0 Å². The maximum atomic E-state index is 6.20. The van der Waals surface area contributed by atoms with Crippen molar-refractivity contribution >= 4 is 38.6 Å². The van der Waals surface area contributed by atoms with Gasteiger partial charge in [0.2, 0.25) is 0 Å². The number of hydrogen-bond acceptors (Lipinski definition) is 3. The molecule has 0 N–H and O–H groups in total. The molecule has 0 aliphatic heterocycles. The van der Waals surface area contributed by atoms with Crippen LogP contribution in [-0.4, -0.2) is 19.7 Å². The van der Waals surface area contributed by atoms with Gasteiger partial charge in [-0.2, -0.15) is 5.10 Å². The van der Waals surface area contributed by atoms with Gasteiger partial charge >= 0.3 is 0 Å². The van der Waals surface area contributed by atoms with Crippen LogP contribution in [0.2, 0.25) is 5.02 Å². The van der Waals surface area contributed by atoms with Crippen LogP contribution in [0.4, 0.5) is 0 Å². The molecule has 0 radical (unpaired) electrons. The van der Waals surface area contributed by atoms with Gasteiger partial charge in [0.05, 0.1) is 27.6 Å². The van der Waals surface area contributed by atoms with Gasteiger partial charge in [-0.3, -0.25) is 9.97 Å². The second kappa shape index (κ2) is 4.58. The summed E-state index contributed by atoms with van der Waals surface area (Å²) < 4.78 is 2.71. The third kappa shape index (κ3) is 2.03. The minimum Gasteiger partial charge on any atom is -0.254 e. The van der Waals surface area contributed by atoms with E-state index in [1.54, 1.807) is 12.4 Å². The van der Waals surface area contributed by atoms with E-state index >= 15 is 0 Å². The highest BCUT2D eigenvalue weighted by Crippen LogP contribution is 2.26. The molecule has 0 aliphatic rings. The third-order valence-electron chi connectivity index (χ3n) is 2.95. The first-order valence-corrected chi connectivity index (χ1v) is 6.87. The van der Waals surface area contributed by atoms with E-state index in [4.69, 9.17) is 11.6 Å². The van der Waals surface area contributed by atoms with E-state index in [0.29, 0.717) is 5.02 Å². The van der Waals surface area contributed by atoms with Gasteiger partial charge in [-0.15, -0.1) is 0 Å². The van der Waals surface area contributed by atoms with E-state index in [0.717, 1.165) is 32.6 Å². The summed E-state index contributed by atoms with van der Waals surface area (Å²) in [5.74, 6) is 0. The highest BCUT2D eigenvalue weighted by Gasteiger charge is 2.13. The molecular formula is C13H10BrClN4. The number of hydrogen-bond donors (Lipinski definition) is 0. The second-order valence-corrected chi connectivity index (χ2v) is 5.54. The molecular weight excluding hydrogens is 328 g/mol. The van der Waals surface area contributed by atoms with Crippen molar-refractivity contribution in [3.63, 3.8) is 0 Å². The van der Waals surface area contributed by atoms with Crippen LogP contribution in [0.1, 0.15) is 11.4 Å². The lowest BCUT2D eigenvalue weighted by Gasteiger charge is -2.07. The van der Waals surface area contributed by atoms with Crippen molar-refractivity contribution in [3.05, 3.63) is 45.4 Å². The van der Waals surface area contributed by atoms with Gasteiger partial charge < -0.3 is 0 Å². The van der Waals surface area contributed by atoms with Crippen LogP contribution >= 0.6 is 27.5 Å². The Morgan fingerprint density at radius 1 is 1.26 bits per heavy atom. The number of rotatable bonds is 1. The molecule has 0 aromatic carbocycles. The zero-order chi connectivity index (χ0) is 13.6. The van der Waals surface area contributed by atoms with Crippen LogP contribution in [-0.2, 0) is 0 Å². The lowest BCUT2D eigenvalue weighted by Crippen LogP contribution is -2.01. The molecule has 6 heteroatoms.